The van der Waals surface area contributed by atoms with Gasteiger partial charge in [0.25, 0.3) is 5.91 Å². The van der Waals surface area contributed by atoms with Gasteiger partial charge in [-0.2, -0.15) is 9.19 Å². The number of hydrogen-bond donors (Lipinski definition) is 2. The fourth-order valence-corrected chi connectivity index (χ4v) is 5.23. The van der Waals surface area contributed by atoms with Crippen molar-refractivity contribution in [3.63, 3.8) is 0 Å². The number of amides is 1. The highest BCUT2D eigenvalue weighted by molar-refractivity contribution is 7.97. The van der Waals surface area contributed by atoms with Crippen LogP contribution in [-0.4, -0.2) is 49.3 Å². The van der Waals surface area contributed by atoms with Crippen LogP contribution in [0, 0.1) is 6.92 Å². The number of halogens is 1. The van der Waals surface area contributed by atoms with Crippen LogP contribution in [0.1, 0.15) is 32.9 Å². The molecule has 3 N–H and O–H groups in total. The molecule has 1 aliphatic heterocycles. The second kappa shape index (κ2) is 11.6. The van der Waals surface area contributed by atoms with Crippen molar-refractivity contribution >= 4 is 35.9 Å². The van der Waals surface area contributed by atoms with Gasteiger partial charge in [-0.05, 0) is 53.9 Å². The minimum Gasteiger partial charge on any atom is -0.405 e. The van der Waals surface area contributed by atoms with E-state index in [1.807, 2.05) is 54.9 Å². The number of nitrogens with two attached hydrogens (primary N) is 1. The van der Waals surface area contributed by atoms with Gasteiger partial charge in [-0.15, -0.1) is 3.89 Å². The van der Waals surface area contributed by atoms with E-state index in [9.17, 15) is 8.68 Å². The highest BCUT2D eigenvalue weighted by Gasteiger charge is 2.20. The van der Waals surface area contributed by atoms with E-state index in [1.54, 1.807) is 24.3 Å². The molecular weight excluding hydrogens is 485 g/mol. The number of carbonyl (C=O) groups excluding carboxylic acids is 1. The zero-order valence-corrected chi connectivity index (χ0v) is 21.3. The Kier molecular flexibility index (Phi) is 8.32. The van der Waals surface area contributed by atoms with E-state index in [0.717, 1.165) is 46.1 Å². The van der Waals surface area contributed by atoms with Crippen LogP contribution in [0.25, 0.3) is 0 Å². The first kappa shape index (κ1) is 25.1. The summed E-state index contributed by atoms with van der Waals surface area (Å²) in [6.07, 6.45) is 7.26. The third-order valence-electron chi connectivity index (χ3n) is 5.88. The summed E-state index contributed by atoms with van der Waals surface area (Å²) in [6, 6.07) is 9.85. The average molecular weight is 514 g/mol. The number of nitrogens with zero attached hydrogens (tertiary/aromatic N) is 5. The first-order valence-electron chi connectivity index (χ1n) is 11.2. The quantitative estimate of drug-likeness (QED) is 0.424. The van der Waals surface area contributed by atoms with Crippen LogP contribution in [0.15, 0.2) is 64.9 Å². The van der Waals surface area contributed by atoms with Crippen LogP contribution in [0.3, 0.4) is 0 Å². The number of aromatic nitrogens is 3. The maximum Gasteiger partial charge on any atom is 0.268 e. The van der Waals surface area contributed by atoms with Crippen LogP contribution >= 0.6 is 24.3 Å². The minimum absolute atomic E-state index is 0.0613. The minimum atomic E-state index is -0.133. The van der Waals surface area contributed by atoms with Crippen molar-refractivity contribution in [1.82, 2.24) is 23.4 Å². The molecular formula is C24H28FN7OS2. The zero-order chi connectivity index (χ0) is 24.8. The molecule has 4 rings (SSSR count). The van der Waals surface area contributed by atoms with Gasteiger partial charge >= 0.3 is 0 Å². The molecule has 0 atom stereocenters. The molecule has 0 saturated carbocycles. The number of benzene rings is 1. The SMILES string of the molecule is Cc1c(SN2CCN=C(/C=C\N)C2)cc(C(=O)NCc2ccccc2Cc2cnn(SF)c2)n1C. The maximum absolute atomic E-state index is 13.1. The summed E-state index contributed by atoms with van der Waals surface area (Å²) in [5, 5.41) is 7.02. The molecule has 0 aliphatic carbocycles. The molecule has 1 amide bonds. The maximum atomic E-state index is 13.1. The van der Waals surface area contributed by atoms with E-state index >= 15 is 0 Å². The molecule has 0 unspecified atom stereocenters. The Balaban J connectivity index is 1.41. The highest BCUT2D eigenvalue weighted by Crippen LogP contribution is 2.29. The molecule has 2 aromatic heterocycles. The first-order chi connectivity index (χ1) is 17.0. The summed E-state index contributed by atoms with van der Waals surface area (Å²) in [7, 11) is 1.91. The zero-order valence-electron chi connectivity index (χ0n) is 19.6. The van der Waals surface area contributed by atoms with Crippen LogP contribution < -0.4 is 11.1 Å². The van der Waals surface area contributed by atoms with Crippen molar-refractivity contribution < 1.29 is 8.68 Å². The van der Waals surface area contributed by atoms with E-state index in [-0.39, 0.29) is 18.2 Å². The van der Waals surface area contributed by atoms with Crippen molar-refractivity contribution in [2.45, 2.75) is 24.8 Å². The second-order valence-corrected chi connectivity index (χ2v) is 9.82. The summed E-state index contributed by atoms with van der Waals surface area (Å²) in [4.78, 5) is 18.6. The molecule has 8 nitrogen and oxygen atoms in total. The van der Waals surface area contributed by atoms with E-state index in [1.165, 1.54) is 10.3 Å². The predicted molar refractivity (Wildman–Crippen MR) is 140 cm³/mol. The van der Waals surface area contributed by atoms with Gasteiger partial charge in [-0.1, -0.05) is 24.3 Å². The number of carbonyl (C=O) groups is 1. The van der Waals surface area contributed by atoms with Crippen LogP contribution in [0.2, 0.25) is 0 Å². The molecule has 11 heteroatoms. The number of hydrogen-bond acceptors (Lipinski definition) is 7. The van der Waals surface area contributed by atoms with E-state index < -0.39 is 0 Å². The van der Waals surface area contributed by atoms with Gasteiger partial charge < -0.3 is 15.6 Å². The van der Waals surface area contributed by atoms with Gasteiger partial charge in [0.05, 0.1) is 25.0 Å². The third kappa shape index (κ3) is 6.16. The van der Waals surface area contributed by atoms with E-state index in [4.69, 9.17) is 5.73 Å². The van der Waals surface area contributed by atoms with Gasteiger partial charge in [0.1, 0.15) is 5.69 Å². The molecule has 3 heterocycles. The Labute approximate surface area is 213 Å². The lowest BCUT2D eigenvalue weighted by molar-refractivity contribution is 0.0942. The van der Waals surface area contributed by atoms with Gasteiger partial charge in [0.15, 0.2) is 12.3 Å². The number of nitrogens with one attached hydrogen (secondary N) is 1. The third-order valence-corrected chi connectivity index (χ3v) is 7.40. The summed E-state index contributed by atoms with van der Waals surface area (Å²) < 4.78 is 18.1. The molecule has 0 saturated heterocycles. The van der Waals surface area contributed by atoms with Crippen molar-refractivity contribution in [3.05, 3.63) is 83.1 Å². The van der Waals surface area contributed by atoms with Gasteiger partial charge in [-0.25, -0.2) is 4.31 Å². The van der Waals surface area contributed by atoms with Crippen LogP contribution in [-0.2, 0) is 20.0 Å². The van der Waals surface area contributed by atoms with Crippen LogP contribution in [0.4, 0.5) is 3.89 Å². The monoisotopic (exact) mass is 513 g/mol. The average Bonchev–Trinajstić information content (AvgIpc) is 3.43. The fourth-order valence-electron chi connectivity index (χ4n) is 3.89. The smallest absolute Gasteiger partial charge is 0.268 e. The molecule has 0 radical (unpaired) electrons. The normalized spacial score (nSPS) is 14.4. The fraction of sp³-hybridized carbons (Fsp3) is 0.292. The molecule has 184 valence electrons. The standard InChI is InChI=1S/C24H28FN7OS2/c1-17-23(34-31-10-9-27-21(16-31)7-8-26)12-22(30(17)2)24(33)28-14-20-6-4-3-5-19(20)11-18-13-29-32(15-18)35-25/h3-8,12-13,15H,9-11,14,16,26H2,1-2H3,(H,28,33)/b8-7-. The highest BCUT2D eigenvalue weighted by atomic mass is 32.2. The van der Waals surface area contributed by atoms with Crippen LogP contribution in [0.5, 0.6) is 0 Å². The van der Waals surface area contributed by atoms with Crippen molar-refractivity contribution in [1.29, 1.82) is 0 Å². The van der Waals surface area contributed by atoms with E-state index in [0.29, 0.717) is 25.2 Å². The lowest BCUT2D eigenvalue weighted by Gasteiger charge is -2.24. The predicted octanol–water partition coefficient (Wildman–Crippen LogP) is 3.67. The molecule has 35 heavy (non-hydrogen) atoms. The summed E-state index contributed by atoms with van der Waals surface area (Å²) >= 11 is 1.70. The Morgan fingerprint density at radius 1 is 1.31 bits per heavy atom. The molecule has 1 aliphatic rings. The molecule has 1 aromatic carbocycles. The Morgan fingerprint density at radius 2 is 2.11 bits per heavy atom. The lowest BCUT2D eigenvalue weighted by Crippen LogP contribution is -2.30. The first-order valence-corrected chi connectivity index (χ1v) is 12.6. The summed E-state index contributed by atoms with van der Waals surface area (Å²) in [6.45, 7) is 4.67. The second-order valence-electron chi connectivity index (χ2n) is 8.17. The largest absolute Gasteiger partial charge is 0.405 e. The molecule has 0 fully saturated rings. The summed E-state index contributed by atoms with van der Waals surface area (Å²) in [5.41, 5.74) is 11.1. The Morgan fingerprint density at radius 3 is 2.86 bits per heavy atom. The summed E-state index contributed by atoms with van der Waals surface area (Å²) in [5.74, 6) is -0.133. The van der Waals surface area contributed by atoms with E-state index in [2.05, 4.69) is 19.7 Å². The molecule has 3 aromatic rings. The Hall–Kier alpha value is -3.02. The van der Waals surface area contributed by atoms with Gasteiger partial charge in [0, 0.05) is 43.3 Å². The van der Waals surface area contributed by atoms with Crippen molar-refractivity contribution in [3.8, 4) is 0 Å². The molecule has 0 bridgehead atoms. The van der Waals surface area contributed by atoms with Crippen molar-refractivity contribution in [2.24, 2.45) is 17.8 Å². The number of aliphatic imine (C=N–C) groups is 1. The Bertz CT molecular complexity index is 1250. The number of rotatable bonds is 9. The topological polar surface area (TPSA) is 93.5 Å². The van der Waals surface area contributed by atoms with Gasteiger partial charge in [0.2, 0.25) is 0 Å². The van der Waals surface area contributed by atoms with Gasteiger partial charge in [-0.3, -0.25) is 9.79 Å². The lowest BCUT2D eigenvalue weighted by atomic mass is 10.0. The molecule has 0 spiro atoms. The van der Waals surface area contributed by atoms with Crippen molar-refractivity contribution in [2.75, 3.05) is 19.6 Å².